The number of alkyl halides is 1. The molecule has 232 valence electrons. The Bertz CT molecular complexity index is 1360. The van der Waals surface area contributed by atoms with E-state index in [1.165, 1.54) is 11.0 Å². The van der Waals surface area contributed by atoms with Crippen molar-refractivity contribution in [3.63, 3.8) is 0 Å². The Labute approximate surface area is 254 Å². The molecule has 0 heterocycles. The first-order valence-electron chi connectivity index (χ1n) is 14.7. The number of amides is 2. The summed E-state index contributed by atoms with van der Waals surface area (Å²) < 4.78 is 16.0. The first-order chi connectivity index (χ1) is 20.3. The van der Waals surface area contributed by atoms with E-state index in [1.54, 1.807) is 47.4 Å². The number of aryl methyl sites for hydroxylation is 1. The van der Waals surface area contributed by atoms with Gasteiger partial charge < -0.3 is 25.1 Å². The van der Waals surface area contributed by atoms with Gasteiger partial charge in [0.2, 0.25) is 0 Å². The molecule has 0 aliphatic heterocycles. The molecule has 0 bridgehead atoms. The molecule has 0 aromatic heterocycles. The summed E-state index contributed by atoms with van der Waals surface area (Å²) in [6, 6.07) is 22.8. The molecule has 0 radical (unpaired) electrons. The van der Waals surface area contributed by atoms with Gasteiger partial charge in [-0.2, -0.15) is 0 Å². The van der Waals surface area contributed by atoms with Crippen LogP contribution in [-0.2, 0) is 12.0 Å². The van der Waals surface area contributed by atoms with Crippen molar-refractivity contribution < 1.29 is 29.3 Å². The fourth-order valence-corrected chi connectivity index (χ4v) is 5.41. The highest BCUT2D eigenvalue weighted by Gasteiger charge is 2.35. The molecule has 43 heavy (non-hydrogen) atoms. The Morgan fingerprint density at radius 1 is 0.744 bits per heavy atom. The molecule has 2 unspecified atom stereocenters. The Kier molecular flexibility index (Phi) is 11.6. The monoisotopic (exact) mass is 592 g/mol. The molecular weight excluding hydrogens is 547 g/mol. The van der Waals surface area contributed by atoms with E-state index >= 15 is 4.39 Å². The van der Waals surface area contributed by atoms with Crippen molar-refractivity contribution in [3.8, 4) is 0 Å². The predicted molar refractivity (Wildman–Crippen MR) is 167 cm³/mol. The third-order valence-corrected chi connectivity index (χ3v) is 7.89. The molecule has 2 atom stereocenters. The van der Waals surface area contributed by atoms with Crippen molar-refractivity contribution in [1.29, 1.82) is 0 Å². The number of carbonyl (C=O) groups excluding carboxylic acids is 2. The third-order valence-electron chi connectivity index (χ3n) is 7.89. The minimum absolute atomic E-state index is 0.0133. The second-order valence-electron chi connectivity index (χ2n) is 12.2. The van der Waals surface area contributed by atoms with E-state index in [9.17, 15) is 24.9 Å². The van der Waals surface area contributed by atoms with Crippen molar-refractivity contribution in [2.45, 2.75) is 70.8 Å². The smallest absolute Gasteiger partial charge is 0.255 e. The zero-order valence-corrected chi connectivity index (χ0v) is 25.8. The normalized spacial score (nSPS) is 13.3. The van der Waals surface area contributed by atoms with Crippen molar-refractivity contribution >= 4 is 11.8 Å². The van der Waals surface area contributed by atoms with Crippen LogP contribution in [0.1, 0.15) is 84.6 Å². The standard InChI is InChI=1S/C35H45FN2O5/c1-34(2,3)37(21-23-39)32(42)27-16-10-9-13-25(27)19-20-30(41)31(36)28-17-11-12-18-29(28)33(43)38(22-24-40)35(4,5)26-14-7-6-8-15-26/h6-18,30-31,39-41H,19-24H2,1-5H3. The van der Waals surface area contributed by atoms with Gasteiger partial charge in [-0.25, -0.2) is 4.39 Å². The Hall–Kier alpha value is -3.59. The summed E-state index contributed by atoms with van der Waals surface area (Å²) in [4.78, 5) is 30.5. The molecule has 0 saturated carbocycles. The van der Waals surface area contributed by atoms with Crippen LogP contribution in [0.25, 0.3) is 0 Å². The molecule has 7 nitrogen and oxygen atoms in total. The minimum atomic E-state index is -1.86. The first-order valence-corrected chi connectivity index (χ1v) is 14.7. The molecule has 8 heteroatoms. The van der Waals surface area contributed by atoms with Gasteiger partial charge in [-0.3, -0.25) is 9.59 Å². The molecule has 2 amide bonds. The van der Waals surface area contributed by atoms with Gasteiger partial charge in [-0.15, -0.1) is 0 Å². The van der Waals surface area contributed by atoms with Gasteiger partial charge in [-0.05, 0) is 70.7 Å². The quantitative estimate of drug-likeness (QED) is 0.250. The lowest BCUT2D eigenvalue weighted by Crippen LogP contribution is -2.47. The summed E-state index contributed by atoms with van der Waals surface area (Å²) in [6.07, 6.45) is -3.06. The van der Waals surface area contributed by atoms with Gasteiger partial charge in [0.1, 0.15) is 0 Å². The number of aliphatic hydroxyl groups is 3. The lowest BCUT2D eigenvalue weighted by atomic mass is 9.89. The summed E-state index contributed by atoms with van der Waals surface area (Å²) in [7, 11) is 0. The molecule has 3 aromatic carbocycles. The molecule has 0 fully saturated rings. The van der Waals surface area contributed by atoms with Crippen molar-refractivity contribution in [3.05, 3.63) is 107 Å². The lowest BCUT2D eigenvalue weighted by Gasteiger charge is -2.39. The molecule has 0 spiro atoms. The first kappa shape index (κ1) is 33.9. The topological polar surface area (TPSA) is 101 Å². The van der Waals surface area contributed by atoms with Gasteiger partial charge in [-0.1, -0.05) is 66.7 Å². The predicted octanol–water partition coefficient (Wildman–Crippen LogP) is 5.29. The molecular formula is C35H45FN2O5. The Morgan fingerprint density at radius 3 is 1.86 bits per heavy atom. The highest BCUT2D eigenvalue weighted by Crippen LogP contribution is 2.33. The zero-order chi connectivity index (χ0) is 31.8. The van der Waals surface area contributed by atoms with E-state index < -0.39 is 29.3 Å². The number of β-amino-alcohol motifs (C(OH)–C–C–N with tert-alkyl or cyclic N) is 1. The van der Waals surface area contributed by atoms with Crippen LogP contribution in [0, 0.1) is 0 Å². The van der Waals surface area contributed by atoms with Crippen molar-refractivity contribution in [1.82, 2.24) is 9.80 Å². The second kappa shape index (κ2) is 14.7. The number of hydrogen-bond acceptors (Lipinski definition) is 5. The maximum Gasteiger partial charge on any atom is 0.255 e. The van der Waals surface area contributed by atoms with Gasteiger partial charge in [0.15, 0.2) is 6.17 Å². The van der Waals surface area contributed by atoms with Crippen LogP contribution < -0.4 is 0 Å². The van der Waals surface area contributed by atoms with Crippen LogP contribution in [0.3, 0.4) is 0 Å². The SMILES string of the molecule is CC(C)(C)N(CCO)C(=O)c1ccccc1CCC(O)C(F)c1ccccc1C(=O)N(CCO)C(C)(C)c1ccccc1. The number of rotatable bonds is 13. The third kappa shape index (κ3) is 8.07. The van der Waals surface area contributed by atoms with Crippen LogP contribution in [-0.4, -0.2) is 74.9 Å². The summed E-state index contributed by atoms with van der Waals surface area (Å²) >= 11 is 0. The van der Waals surface area contributed by atoms with Crippen molar-refractivity contribution in [2.75, 3.05) is 26.3 Å². The van der Waals surface area contributed by atoms with Gasteiger partial charge in [0, 0.05) is 35.3 Å². The van der Waals surface area contributed by atoms with E-state index in [-0.39, 0.29) is 56.2 Å². The highest BCUT2D eigenvalue weighted by atomic mass is 19.1. The molecule has 3 rings (SSSR count). The van der Waals surface area contributed by atoms with E-state index in [2.05, 4.69) is 0 Å². The summed E-state index contributed by atoms with van der Waals surface area (Å²) in [5.41, 5.74) is 0.825. The van der Waals surface area contributed by atoms with E-state index in [0.29, 0.717) is 11.1 Å². The summed E-state index contributed by atoms with van der Waals surface area (Å²) in [6.45, 7) is 9.19. The fourth-order valence-electron chi connectivity index (χ4n) is 5.41. The van der Waals surface area contributed by atoms with E-state index in [4.69, 9.17) is 0 Å². The number of hydrogen-bond donors (Lipinski definition) is 3. The number of benzene rings is 3. The number of nitrogens with zero attached hydrogens (tertiary/aromatic N) is 2. The molecule has 0 aliphatic rings. The zero-order valence-electron chi connectivity index (χ0n) is 25.8. The molecule has 3 aromatic rings. The fraction of sp³-hybridized carbons (Fsp3) is 0.429. The number of aliphatic hydroxyl groups excluding tert-OH is 3. The second-order valence-corrected chi connectivity index (χ2v) is 12.2. The Balaban J connectivity index is 1.84. The van der Waals surface area contributed by atoms with E-state index in [0.717, 1.165) is 5.56 Å². The van der Waals surface area contributed by atoms with Crippen LogP contribution in [0.2, 0.25) is 0 Å². The van der Waals surface area contributed by atoms with Gasteiger partial charge in [0.05, 0.1) is 24.9 Å². The van der Waals surface area contributed by atoms with Gasteiger partial charge >= 0.3 is 0 Å². The minimum Gasteiger partial charge on any atom is -0.395 e. The lowest BCUT2D eigenvalue weighted by molar-refractivity contribution is 0.0461. The summed E-state index contributed by atoms with van der Waals surface area (Å²) in [5, 5.41) is 30.3. The average Bonchev–Trinajstić information content (AvgIpc) is 3.00. The maximum absolute atomic E-state index is 16.0. The van der Waals surface area contributed by atoms with Crippen LogP contribution in [0.15, 0.2) is 78.9 Å². The molecule has 0 aliphatic carbocycles. The van der Waals surface area contributed by atoms with Crippen LogP contribution >= 0.6 is 0 Å². The maximum atomic E-state index is 16.0. The van der Waals surface area contributed by atoms with Crippen molar-refractivity contribution in [2.24, 2.45) is 0 Å². The van der Waals surface area contributed by atoms with Crippen LogP contribution in [0.4, 0.5) is 4.39 Å². The molecule has 0 saturated heterocycles. The Morgan fingerprint density at radius 2 is 1.26 bits per heavy atom. The van der Waals surface area contributed by atoms with Crippen LogP contribution in [0.5, 0.6) is 0 Å². The summed E-state index contributed by atoms with van der Waals surface area (Å²) in [5.74, 6) is -0.695. The average molecular weight is 593 g/mol. The highest BCUT2D eigenvalue weighted by molar-refractivity contribution is 5.97. The van der Waals surface area contributed by atoms with E-state index in [1.807, 2.05) is 65.0 Å². The molecule has 3 N–H and O–H groups in total. The largest absolute Gasteiger partial charge is 0.395 e. The van der Waals surface area contributed by atoms with Gasteiger partial charge in [0.25, 0.3) is 11.8 Å². The number of halogens is 1. The number of carbonyl (C=O) groups is 2.